The number of rotatable bonds is 6. The van der Waals surface area contributed by atoms with Gasteiger partial charge in [-0.15, -0.1) is 0 Å². The fraction of sp³-hybridized carbons (Fsp3) is 0.261. The Kier molecular flexibility index (Phi) is 6.44. The van der Waals surface area contributed by atoms with E-state index in [1.54, 1.807) is 35.2 Å². The molecule has 32 heavy (non-hydrogen) atoms. The van der Waals surface area contributed by atoms with Gasteiger partial charge in [-0.3, -0.25) is 9.59 Å². The summed E-state index contributed by atoms with van der Waals surface area (Å²) in [6.45, 7) is 2.64. The van der Waals surface area contributed by atoms with Gasteiger partial charge in [0.1, 0.15) is 17.3 Å². The van der Waals surface area contributed by atoms with Crippen LogP contribution in [0.25, 0.3) is 5.69 Å². The summed E-state index contributed by atoms with van der Waals surface area (Å²) in [7, 11) is 0. The van der Waals surface area contributed by atoms with Gasteiger partial charge in [0.15, 0.2) is 5.69 Å². The zero-order valence-electron chi connectivity index (χ0n) is 17.4. The number of piperazine rings is 1. The number of hydrogen-bond acceptors (Lipinski definition) is 4. The fourth-order valence-electron chi connectivity index (χ4n) is 3.61. The van der Waals surface area contributed by atoms with Crippen LogP contribution in [0.5, 0.6) is 0 Å². The first-order valence-corrected chi connectivity index (χ1v) is 10.4. The Bertz CT molecular complexity index is 1090. The maximum absolute atomic E-state index is 13.9. The molecule has 166 valence electrons. The molecule has 2 amide bonds. The molecule has 0 spiro atoms. The second-order valence-electron chi connectivity index (χ2n) is 7.45. The Morgan fingerprint density at radius 3 is 2.38 bits per heavy atom. The molecule has 0 unspecified atom stereocenters. The molecule has 1 N–H and O–H groups in total. The van der Waals surface area contributed by atoms with Gasteiger partial charge in [0.25, 0.3) is 5.91 Å². The molecule has 4 rings (SSSR count). The Labute approximate surface area is 184 Å². The van der Waals surface area contributed by atoms with Crippen molar-refractivity contribution in [1.29, 1.82) is 0 Å². The molecule has 0 bridgehead atoms. The van der Waals surface area contributed by atoms with Crippen LogP contribution in [-0.2, 0) is 4.79 Å². The summed E-state index contributed by atoms with van der Waals surface area (Å²) >= 11 is 0. The van der Waals surface area contributed by atoms with Crippen LogP contribution in [0, 0.1) is 11.6 Å². The molecule has 2 heterocycles. The SMILES string of the molecule is O=C(NCCC(=O)N1CCN(c2ccc(F)cc2)CC1)c1ccn(-c2ccccc2F)n1. The van der Waals surface area contributed by atoms with Crippen LogP contribution in [0.1, 0.15) is 16.9 Å². The third kappa shape index (κ3) is 4.93. The number of nitrogens with one attached hydrogen (secondary N) is 1. The number of halogens is 2. The molecule has 2 aromatic carbocycles. The van der Waals surface area contributed by atoms with E-state index in [2.05, 4.69) is 15.3 Å². The van der Waals surface area contributed by atoms with Crippen LogP contribution in [0.15, 0.2) is 60.8 Å². The number of nitrogens with zero attached hydrogens (tertiary/aromatic N) is 4. The number of anilines is 1. The van der Waals surface area contributed by atoms with Crippen molar-refractivity contribution >= 4 is 17.5 Å². The van der Waals surface area contributed by atoms with Gasteiger partial charge in [0.05, 0.1) is 0 Å². The van der Waals surface area contributed by atoms with Gasteiger partial charge in [0, 0.05) is 51.0 Å². The predicted molar refractivity (Wildman–Crippen MR) is 116 cm³/mol. The van der Waals surface area contributed by atoms with Crippen molar-refractivity contribution in [1.82, 2.24) is 20.0 Å². The number of amides is 2. The Balaban J connectivity index is 1.23. The largest absolute Gasteiger partial charge is 0.368 e. The highest BCUT2D eigenvalue weighted by Gasteiger charge is 2.21. The number of aromatic nitrogens is 2. The van der Waals surface area contributed by atoms with Crippen LogP contribution >= 0.6 is 0 Å². The maximum Gasteiger partial charge on any atom is 0.271 e. The molecule has 1 aromatic heterocycles. The molecule has 3 aromatic rings. The van der Waals surface area contributed by atoms with E-state index in [9.17, 15) is 18.4 Å². The zero-order valence-corrected chi connectivity index (χ0v) is 17.4. The average Bonchev–Trinajstić information content (AvgIpc) is 3.30. The fourth-order valence-corrected chi connectivity index (χ4v) is 3.61. The van der Waals surface area contributed by atoms with E-state index in [0.29, 0.717) is 26.2 Å². The standard InChI is InChI=1S/C23H23F2N5O2/c24-17-5-7-18(8-6-17)28-13-15-29(16-14-28)22(31)9-11-26-23(32)20-10-12-30(27-20)21-4-2-1-3-19(21)25/h1-8,10,12H,9,11,13-16H2,(H,26,32). The zero-order chi connectivity index (χ0) is 22.5. The number of carbonyl (C=O) groups is 2. The van der Waals surface area contributed by atoms with Crippen LogP contribution in [0.2, 0.25) is 0 Å². The molecular weight excluding hydrogens is 416 g/mol. The van der Waals surface area contributed by atoms with E-state index in [1.165, 1.54) is 35.1 Å². The van der Waals surface area contributed by atoms with Crippen LogP contribution in [0.3, 0.4) is 0 Å². The number of hydrogen-bond donors (Lipinski definition) is 1. The molecular formula is C23H23F2N5O2. The molecule has 7 nitrogen and oxygen atoms in total. The normalized spacial score (nSPS) is 13.8. The van der Waals surface area contributed by atoms with Crippen molar-refractivity contribution in [3.63, 3.8) is 0 Å². The molecule has 0 saturated carbocycles. The monoisotopic (exact) mass is 439 g/mol. The number of benzene rings is 2. The summed E-state index contributed by atoms with van der Waals surface area (Å²) in [5, 5.41) is 6.80. The third-order valence-electron chi connectivity index (χ3n) is 5.37. The quantitative estimate of drug-likeness (QED) is 0.641. The van der Waals surface area contributed by atoms with Crippen molar-refractivity contribution in [3.05, 3.63) is 78.1 Å². The summed E-state index contributed by atoms with van der Waals surface area (Å²) < 4.78 is 28.2. The summed E-state index contributed by atoms with van der Waals surface area (Å²) in [4.78, 5) is 28.7. The highest BCUT2D eigenvalue weighted by Crippen LogP contribution is 2.17. The van der Waals surface area contributed by atoms with Gasteiger partial charge in [-0.25, -0.2) is 13.5 Å². The van der Waals surface area contributed by atoms with E-state index >= 15 is 0 Å². The second kappa shape index (κ2) is 9.59. The van der Waals surface area contributed by atoms with Crippen LogP contribution < -0.4 is 10.2 Å². The minimum Gasteiger partial charge on any atom is -0.368 e. The van der Waals surface area contributed by atoms with Gasteiger partial charge < -0.3 is 15.1 Å². The van der Waals surface area contributed by atoms with E-state index in [4.69, 9.17) is 0 Å². The van der Waals surface area contributed by atoms with Crippen molar-refractivity contribution in [2.45, 2.75) is 6.42 Å². The lowest BCUT2D eigenvalue weighted by atomic mass is 10.2. The summed E-state index contributed by atoms with van der Waals surface area (Å²) in [5.41, 5.74) is 1.33. The summed E-state index contributed by atoms with van der Waals surface area (Å²) in [6.07, 6.45) is 1.69. The predicted octanol–water partition coefficient (Wildman–Crippen LogP) is 2.62. The first kappa shape index (κ1) is 21.5. The minimum absolute atomic E-state index is 0.0408. The third-order valence-corrected chi connectivity index (χ3v) is 5.37. The van der Waals surface area contributed by atoms with Crippen molar-refractivity contribution < 1.29 is 18.4 Å². The van der Waals surface area contributed by atoms with E-state index < -0.39 is 11.7 Å². The lowest BCUT2D eigenvalue weighted by Crippen LogP contribution is -2.49. The van der Waals surface area contributed by atoms with Crippen molar-refractivity contribution in [2.24, 2.45) is 0 Å². The van der Waals surface area contributed by atoms with Gasteiger partial charge in [0.2, 0.25) is 5.91 Å². The number of para-hydroxylation sites is 1. The van der Waals surface area contributed by atoms with Crippen LogP contribution in [-0.4, -0.2) is 59.2 Å². The van der Waals surface area contributed by atoms with E-state index in [-0.39, 0.29) is 36.1 Å². The molecule has 9 heteroatoms. The van der Waals surface area contributed by atoms with Crippen molar-refractivity contribution in [3.8, 4) is 5.69 Å². The Morgan fingerprint density at radius 2 is 1.66 bits per heavy atom. The molecule has 1 saturated heterocycles. The molecule has 0 atom stereocenters. The first-order valence-electron chi connectivity index (χ1n) is 10.4. The topological polar surface area (TPSA) is 70.5 Å². The highest BCUT2D eigenvalue weighted by atomic mass is 19.1. The molecule has 0 aliphatic carbocycles. The smallest absolute Gasteiger partial charge is 0.271 e. The van der Waals surface area contributed by atoms with Gasteiger partial charge >= 0.3 is 0 Å². The van der Waals surface area contributed by atoms with Gasteiger partial charge in [-0.2, -0.15) is 5.10 Å². The molecule has 1 aliphatic rings. The Hall–Kier alpha value is -3.75. The molecule has 1 aliphatic heterocycles. The Morgan fingerprint density at radius 1 is 0.938 bits per heavy atom. The summed E-state index contributed by atoms with van der Waals surface area (Å²) in [6, 6.07) is 14.0. The summed E-state index contributed by atoms with van der Waals surface area (Å²) in [5.74, 6) is -1.17. The highest BCUT2D eigenvalue weighted by molar-refractivity contribution is 5.92. The maximum atomic E-state index is 13.9. The molecule has 1 fully saturated rings. The van der Waals surface area contributed by atoms with Crippen molar-refractivity contribution in [2.75, 3.05) is 37.6 Å². The lowest BCUT2D eigenvalue weighted by molar-refractivity contribution is -0.131. The average molecular weight is 439 g/mol. The van der Waals surface area contributed by atoms with E-state index in [0.717, 1.165) is 5.69 Å². The number of carbonyl (C=O) groups excluding carboxylic acids is 2. The van der Waals surface area contributed by atoms with Gasteiger partial charge in [-0.05, 0) is 42.5 Å². The van der Waals surface area contributed by atoms with Gasteiger partial charge in [-0.1, -0.05) is 12.1 Å². The first-order chi connectivity index (χ1) is 15.5. The lowest BCUT2D eigenvalue weighted by Gasteiger charge is -2.36. The second-order valence-corrected chi connectivity index (χ2v) is 7.45. The minimum atomic E-state index is -0.437. The van der Waals surface area contributed by atoms with Crippen LogP contribution in [0.4, 0.5) is 14.5 Å². The van der Waals surface area contributed by atoms with E-state index in [1.807, 2.05) is 0 Å². The molecule has 0 radical (unpaired) electrons.